The van der Waals surface area contributed by atoms with Gasteiger partial charge < -0.3 is 10.1 Å². The number of thioether (sulfide) groups is 1. The van der Waals surface area contributed by atoms with Gasteiger partial charge >= 0.3 is 0 Å². The highest BCUT2D eigenvalue weighted by Gasteiger charge is 2.22. The number of aromatic nitrogens is 3. The zero-order valence-corrected chi connectivity index (χ0v) is 17.3. The first kappa shape index (κ1) is 20.9. The zero-order chi connectivity index (χ0) is 20.8. The third-order valence-electron chi connectivity index (χ3n) is 3.99. The molecule has 1 N–H and O–H groups in total. The Morgan fingerprint density at radius 3 is 2.48 bits per heavy atom. The van der Waals surface area contributed by atoms with Gasteiger partial charge in [0.2, 0.25) is 5.91 Å². The average Bonchev–Trinajstić information content (AvgIpc) is 3.10. The standard InChI is InChI=1S/C21H23FN4O2S/c1-14(2)23-20(27)15(3)29-21-25-24-19(26(21)16-9-5-4-6-10-16)13-28-18-12-8-7-11-17(18)22/h4-12,14-15H,13H2,1-3H3,(H,23,27). The number of rotatable bonds is 8. The summed E-state index contributed by atoms with van der Waals surface area (Å²) in [6, 6.07) is 15.8. The Labute approximate surface area is 173 Å². The summed E-state index contributed by atoms with van der Waals surface area (Å²) in [4.78, 5) is 12.3. The van der Waals surface area contributed by atoms with E-state index in [0.29, 0.717) is 11.0 Å². The maximum atomic E-state index is 13.9. The second kappa shape index (κ2) is 9.56. The van der Waals surface area contributed by atoms with E-state index in [-0.39, 0.29) is 29.6 Å². The van der Waals surface area contributed by atoms with E-state index in [4.69, 9.17) is 4.74 Å². The molecule has 0 saturated heterocycles. The van der Waals surface area contributed by atoms with Gasteiger partial charge in [0.15, 0.2) is 22.5 Å². The van der Waals surface area contributed by atoms with E-state index >= 15 is 0 Å². The van der Waals surface area contributed by atoms with Crippen molar-refractivity contribution in [2.75, 3.05) is 0 Å². The predicted octanol–water partition coefficient (Wildman–Crippen LogP) is 3.99. The predicted molar refractivity (Wildman–Crippen MR) is 111 cm³/mol. The van der Waals surface area contributed by atoms with Crippen LogP contribution in [0.3, 0.4) is 0 Å². The van der Waals surface area contributed by atoms with Crippen molar-refractivity contribution in [1.82, 2.24) is 20.1 Å². The Kier molecular flexibility index (Phi) is 6.87. The fourth-order valence-electron chi connectivity index (χ4n) is 2.62. The Morgan fingerprint density at radius 2 is 1.79 bits per heavy atom. The molecule has 0 aliphatic rings. The minimum Gasteiger partial charge on any atom is -0.483 e. The molecule has 1 aromatic heterocycles. The average molecular weight is 415 g/mol. The fraction of sp³-hybridized carbons (Fsp3) is 0.286. The molecule has 3 rings (SSSR count). The van der Waals surface area contributed by atoms with Crippen LogP contribution in [0.1, 0.15) is 26.6 Å². The topological polar surface area (TPSA) is 69.0 Å². The Bertz CT molecular complexity index is 962. The van der Waals surface area contributed by atoms with Gasteiger partial charge in [-0.3, -0.25) is 9.36 Å². The van der Waals surface area contributed by atoms with Crippen molar-refractivity contribution in [1.29, 1.82) is 0 Å². The minimum absolute atomic E-state index is 0.0377. The van der Waals surface area contributed by atoms with Crippen LogP contribution in [0, 0.1) is 5.82 Å². The quantitative estimate of drug-likeness (QED) is 0.565. The number of nitrogens with one attached hydrogen (secondary N) is 1. The number of para-hydroxylation sites is 2. The molecule has 0 aliphatic carbocycles. The summed E-state index contributed by atoms with van der Waals surface area (Å²) in [6.07, 6.45) is 0. The number of ether oxygens (including phenoxy) is 1. The summed E-state index contributed by atoms with van der Waals surface area (Å²) in [5, 5.41) is 11.6. The van der Waals surface area contributed by atoms with Crippen LogP contribution in [-0.2, 0) is 11.4 Å². The van der Waals surface area contributed by atoms with Crippen molar-refractivity contribution >= 4 is 17.7 Å². The van der Waals surface area contributed by atoms with Crippen molar-refractivity contribution < 1.29 is 13.9 Å². The molecule has 0 radical (unpaired) electrons. The van der Waals surface area contributed by atoms with E-state index in [1.807, 2.05) is 55.7 Å². The van der Waals surface area contributed by atoms with Crippen LogP contribution in [-0.4, -0.2) is 32.0 Å². The normalized spacial score (nSPS) is 12.0. The van der Waals surface area contributed by atoms with Gasteiger partial charge in [-0.2, -0.15) is 0 Å². The molecule has 1 atom stereocenters. The van der Waals surface area contributed by atoms with E-state index in [0.717, 1.165) is 5.69 Å². The number of nitrogens with zero attached hydrogens (tertiary/aromatic N) is 3. The Morgan fingerprint density at radius 1 is 1.10 bits per heavy atom. The highest BCUT2D eigenvalue weighted by atomic mass is 32.2. The fourth-order valence-corrected chi connectivity index (χ4v) is 3.52. The molecule has 152 valence electrons. The van der Waals surface area contributed by atoms with E-state index in [2.05, 4.69) is 15.5 Å². The van der Waals surface area contributed by atoms with Crippen molar-refractivity contribution in [3.05, 3.63) is 66.2 Å². The van der Waals surface area contributed by atoms with Crippen molar-refractivity contribution in [2.24, 2.45) is 0 Å². The molecule has 0 spiro atoms. The number of hydrogen-bond acceptors (Lipinski definition) is 5. The van der Waals surface area contributed by atoms with Gasteiger partial charge in [0.25, 0.3) is 0 Å². The molecule has 1 unspecified atom stereocenters. The maximum Gasteiger partial charge on any atom is 0.233 e. The highest BCUT2D eigenvalue weighted by molar-refractivity contribution is 8.00. The lowest BCUT2D eigenvalue weighted by Gasteiger charge is -2.15. The number of amides is 1. The van der Waals surface area contributed by atoms with Crippen molar-refractivity contribution in [3.63, 3.8) is 0 Å². The zero-order valence-electron chi connectivity index (χ0n) is 16.5. The molecule has 0 aliphatic heterocycles. The molecular weight excluding hydrogens is 391 g/mol. The summed E-state index contributed by atoms with van der Waals surface area (Å²) in [5.41, 5.74) is 0.837. The monoisotopic (exact) mass is 414 g/mol. The van der Waals surface area contributed by atoms with Crippen LogP contribution < -0.4 is 10.1 Å². The van der Waals surface area contributed by atoms with Crippen LogP contribution in [0.4, 0.5) is 4.39 Å². The molecule has 1 heterocycles. The number of benzene rings is 2. The van der Waals surface area contributed by atoms with E-state index < -0.39 is 5.82 Å². The molecule has 29 heavy (non-hydrogen) atoms. The third kappa shape index (κ3) is 5.35. The van der Waals surface area contributed by atoms with Gasteiger partial charge in [-0.15, -0.1) is 10.2 Å². The van der Waals surface area contributed by atoms with Crippen molar-refractivity contribution in [3.8, 4) is 11.4 Å². The van der Waals surface area contributed by atoms with Gasteiger partial charge in [0.1, 0.15) is 6.61 Å². The molecular formula is C21H23FN4O2S. The summed E-state index contributed by atoms with van der Waals surface area (Å²) >= 11 is 1.31. The van der Waals surface area contributed by atoms with Crippen LogP contribution in [0.2, 0.25) is 0 Å². The first-order chi connectivity index (χ1) is 14.0. The van der Waals surface area contributed by atoms with Crippen LogP contribution >= 0.6 is 11.8 Å². The third-order valence-corrected chi connectivity index (χ3v) is 5.03. The Hall–Kier alpha value is -2.87. The summed E-state index contributed by atoms with van der Waals surface area (Å²) < 4.78 is 21.3. The van der Waals surface area contributed by atoms with Gasteiger partial charge in [-0.1, -0.05) is 42.1 Å². The number of hydrogen-bond donors (Lipinski definition) is 1. The highest BCUT2D eigenvalue weighted by Crippen LogP contribution is 2.27. The first-order valence-corrected chi connectivity index (χ1v) is 10.2. The van der Waals surface area contributed by atoms with Crippen LogP contribution in [0.15, 0.2) is 59.8 Å². The van der Waals surface area contributed by atoms with Crippen LogP contribution in [0.5, 0.6) is 5.75 Å². The van der Waals surface area contributed by atoms with Gasteiger partial charge in [0, 0.05) is 11.7 Å². The molecule has 1 amide bonds. The molecule has 0 bridgehead atoms. The largest absolute Gasteiger partial charge is 0.483 e. The molecule has 6 nitrogen and oxygen atoms in total. The molecule has 8 heteroatoms. The van der Waals surface area contributed by atoms with Gasteiger partial charge in [-0.25, -0.2) is 4.39 Å². The van der Waals surface area contributed by atoms with Crippen molar-refractivity contribution in [2.45, 2.75) is 43.8 Å². The van der Waals surface area contributed by atoms with E-state index in [9.17, 15) is 9.18 Å². The lowest BCUT2D eigenvalue weighted by Crippen LogP contribution is -2.36. The Balaban J connectivity index is 1.85. The number of carbonyl (C=O) groups excluding carboxylic acids is 1. The summed E-state index contributed by atoms with van der Waals surface area (Å²) in [7, 11) is 0. The van der Waals surface area contributed by atoms with E-state index in [1.165, 1.54) is 17.8 Å². The SMILES string of the molecule is CC(C)NC(=O)C(C)Sc1nnc(COc2ccccc2F)n1-c1ccccc1. The second-order valence-corrected chi connectivity index (χ2v) is 8.02. The molecule has 3 aromatic rings. The summed E-state index contributed by atoms with van der Waals surface area (Å²) in [5.74, 6) is 0.149. The molecule has 0 fully saturated rings. The maximum absolute atomic E-state index is 13.9. The molecule has 0 saturated carbocycles. The smallest absolute Gasteiger partial charge is 0.233 e. The summed E-state index contributed by atoms with van der Waals surface area (Å²) in [6.45, 7) is 5.69. The number of halogens is 1. The lowest BCUT2D eigenvalue weighted by atomic mass is 10.3. The minimum atomic E-state index is -0.438. The van der Waals surface area contributed by atoms with Gasteiger partial charge in [0.05, 0.1) is 5.25 Å². The number of carbonyl (C=O) groups is 1. The second-order valence-electron chi connectivity index (χ2n) is 6.71. The molecule has 2 aromatic carbocycles. The van der Waals surface area contributed by atoms with Gasteiger partial charge in [-0.05, 0) is 45.0 Å². The van der Waals surface area contributed by atoms with Crippen LogP contribution in [0.25, 0.3) is 5.69 Å². The first-order valence-electron chi connectivity index (χ1n) is 9.29. The lowest BCUT2D eigenvalue weighted by molar-refractivity contribution is -0.120. The van der Waals surface area contributed by atoms with E-state index in [1.54, 1.807) is 18.2 Å².